The number of nitrogen functional groups attached to an aromatic ring is 1. The quantitative estimate of drug-likeness (QED) is 0.830. The number of thioether (sulfide) groups is 1. The molecule has 6 heteroatoms. The lowest BCUT2D eigenvalue weighted by molar-refractivity contribution is 0.626. The van der Waals surface area contributed by atoms with E-state index in [1.807, 2.05) is 13.1 Å². The lowest BCUT2D eigenvalue weighted by Gasteiger charge is -2.17. The van der Waals surface area contributed by atoms with E-state index < -0.39 is 0 Å². The molecule has 3 nitrogen and oxygen atoms in total. The fourth-order valence-electron chi connectivity index (χ4n) is 1.78. The molecule has 1 aromatic carbocycles. The number of nitrogens with zero attached hydrogens (tertiary/aromatic N) is 1. The van der Waals surface area contributed by atoms with Crippen molar-refractivity contribution in [3.05, 3.63) is 52.9 Å². The summed E-state index contributed by atoms with van der Waals surface area (Å²) in [5.74, 6) is 0.977. The molecule has 0 aliphatic carbocycles. The van der Waals surface area contributed by atoms with Crippen molar-refractivity contribution in [3.8, 4) is 0 Å². The number of hydrogen-bond acceptors (Lipinski definition) is 4. The van der Waals surface area contributed by atoms with Gasteiger partial charge in [-0.15, -0.1) is 11.8 Å². The van der Waals surface area contributed by atoms with Crippen molar-refractivity contribution in [2.75, 3.05) is 18.5 Å². The number of hydrogen-bond donors (Lipinski definition) is 2. The van der Waals surface area contributed by atoms with Gasteiger partial charge in [-0.3, -0.25) is 0 Å². The maximum absolute atomic E-state index is 12.9. The zero-order chi connectivity index (χ0) is 14.5. The van der Waals surface area contributed by atoms with E-state index in [1.54, 1.807) is 23.9 Å². The predicted octanol–water partition coefficient (Wildman–Crippen LogP) is 3.51. The first-order valence-electron chi connectivity index (χ1n) is 6.06. The van der Waals surface area contributed by atoms with Crippen LogP contribution < -0.4 is 11.1 Å². The average molecular weight is 312 g/mol. The Kier molecular flexibility index (Phi) is 5.23. The van der Waals surface area contributed by atoms with E-state index in [-0.39, 0.29) is 11.9 Å². The molecule has 0 bridgehead atoms. The summed E-state index contributed by atoms with van der Waals surface area (Å²) in [5, 5.41) is 3.75. The number of aromatic nitrogens is 1. The summed E-state index contributed by atoms with van der Waals surface area (Å²) in [7, 11) is 1.86. The number of anilines is 1. The molecule has 0 saturated carbocycles. The van der Waals surface area contributed by atoms with Gasteiger partial charge >= 0.3 is 0 Å². The Morgan fingerprint density at radius 1 is 1.40 bits per heavy atom. The van der Waals surface area contributed by atoms with Crippen LogP contribution in [0.25, 0.3) is 0 Å². The van der Waals surface area contributed by atoms with Crippen LogP contribution in [0.5, 0.6) is 0 Å². The van der Waals surface area contributed by atoms with E-state index in [0.717, 1.165) is 16.2 Å². The Labute approximate surface area is 126 Å². The first-order chi connectivity index (χ1) is 9.60. The van der Waals surface area contributed by atoms with Crippen LogP contribution in [-0.4, -0.2) is 17.8 Å². The standard InChI is InChI=1S/C14H15ClFN3S/c1-18-13(12-6-9(15)7-19-14(12)17)8-20-11-4-2-10(16)3-5-11/h2-7,13,18H,8H2,1H3,(H2,17,19). The molecule has 0 amide bonds. The van der Waals surface area contributed by atoms with Crippen molar-refractivity contribution in [1.29, 1.82) is 0 Å². The minimum atomic E-state index is -0.234. The van der Waals surface area contributed by atoms with Gasteiger partial charge in [0.05, 0.1) is 5.02 Å². The number of halogens is 2. The normalized spacial score (nSPS) is 12.3. The van der Waals surface area contributed by atoms with Crippen molar-refractivity contribution in [1.82, 2.24) is 10.3 Å². The minimum absolute atomic E-state index is 0.0243. The van der Waals surface area contributed by atoms with Gasteiger partial charge in [0.2, 0.25) is 0 Å². The molecule has 1 heterocycles. The molecule has 0 aliphatic rings. The predicted molar refractivity (Wildman–Crippen MR) is 82.6 cm³/mol. The topological polar surface area (TPSA) is 50.9 Å². The molecule has 0 fully saturated rings. The molecule has 3 N–H and O–H groups in total. The van der Waals surface area contributed by atoms with E-state index in [4.69, 9.17) is 17.3 Å². The first-order valence-corrected chi connectivity index (χ1v) is 7.43. The molecule has 1 unspecified atom stereocenters. The maximum Gasteiger partial charge on any atom is 0.128 e. The highest BCUT2D eigenvalue weighted by molar-refractivity contribution is 7.99. The molecule has 1 atom stereocenters. The van der Waals surface area contributed by atoms with Gasteiger partial charge in [0.25, 0.3) is 0 Å². The lowest BCUT2D eigenvalue weighted by Crippen LogP contribution is -2.20. The van der Waals surface area contributed by atoms with Crippen LogP contribution in [-0.2, 0) is 0 Å². The number of nitrogens with two attached hydrogens (primary N) is 1. The molecule has 0 saturated heterocycles. The second-order valence-corrected chi connectivity index (χ2v) is 5.76. The highest BCUT2D eigenvalue weighted by Crippen LogP contribution is 2.28. The summed E-state index contributed by atoms with van der Waals surface area (Å²) < 4.78 is 12.9. The van der Waals surface area contributed by atoms with Crippen LogP contribution in [0.1, 0.15) is 11.6 Å². The monoisotopic (exact) mass is 311 g/mol. The molecule has 2 aromatic rings. The van der Waals surface area contributed by atoms with E-state index in [9.17, 15) is 4.39 Å². The molecule has 1 aromatic heterocycles. The van der Waals surface area contributed by atoms with E-state index >= 15 is 0 Å². The fraction of sp³-hybridized carbons (Fsp3) is 0.214. The van der Waals surface area contributed by atoms with Crippen molar-refractivity contribution in [3.63, 3.8) is 0 Å². The van der Waals surface area contributed by atoms with E-state index in [1.165, 1.54) is 18.3 Å². The van der Waals surface area contributed by atoms with Gasteiger partial charge < -0.3 is 11.1 Å². The molecule has 2 rings (SSSR count). The van der Waals surface area contributed by atoms with Gasteiger partial charge in [-0.25, -0.2) is 9.37 Å². The minimum Gasteiger partial charge on any atom is -0.383 e. The summed E-state index contributed by atoms with van der Waals surface area (Å²) in [6.45, 7) is 0. The molecule has 20 heavy (non-hydrogen) atoms. The third-order valence-corrected chi connectivity index (χ3v) is 4.18. The van der Waals surface area contributed by atoms with Crippen LogP contribution >= 0.6 is 23.4 Å². The number of nitrogens with one attached hydrogen (secondary N) is 1. The van der Waals surface area contributed by atoms with Crippen LogP contribution in [0, 0.1) is 5.82 Å². The number of pyridine rings is 1. The van der Waals surface area contributed by atoms with Gasteiger partial charge in [-0.05, 0) is 37.4 Å². The second kappa shape index (κ2) is 6.92. The Morgan fingerprint density at radius 3 is 2.75 bits per heavy atom. The highest BCUT2D eigenvalue weighted by Gasteiger charge is 2.14. The molecular formula is C14H15ClFN3S. The zero-order valence-corrected chi connectivity index (χ0v) is 12.5. The SMILES string of the molecule is CNC(CSc1ccc(F)cc1)c1cc(Cl)cnc1N. The highest BCUT2D eigenvalue weighted by atomic mass is 35.5. The Hall–Kier alpha value is -1.30. The summed E-state index contributed by atoms with van der Waals surface area (Å²) in [4.78, 5) is 5.06. The summed E-state index contributed by atoms with van der Waals surface area (Å²) >= 11 is 7.57. The average Bonchev–Trinajstić information content (AvgIpc) is 2.45. The summed E-state index contributed by atoms with van der Waals surface area (Å²) in [6.07, 6.45) is 1.53. The third kappa shape index (κ3) is 3.85. The Bertz CT molecular complexity index is 577. The largest absolute Gasteiger partial charge is 0.383 e. The smallest absolute Gasteiger partial charge is 0.128 e. The zero-order valence-electron chi connectivity index (χ0n) is 10.9. The van der Waals surface area contributed by atoms with Crippen LogP contribution in [0.2, 0.25) is 5.02 Å². The first kappa shape index (κ1) is 15.1. The van der Waals surface area contributed by atoms with Crippen LogP contribution in [0.4, 0.5) is 10.2 Å². The van der Waals surface area contributed by atoms with Crippen LogP contribution in [0.15, 0.2) is 41.4 Å². The molecule has 0 radical (unpaired) electrons. The second-order valence-electron chi connectivity index (χ2n) is 4.23. The lowest BCUT2D eigenvalue weighted by atomic mass is 10.1. The Balaban J connectivity index is 2.09. The summed E-state index contributed by atoms with van der Waals surface area (Å²) in [6, 6.07) is 8.25. The Morgan fingerprint density at radius 2 is 2.10 bits per heavy atom. The van der Waals surface area contributed by atoms with Gasteiger partial charge in [-0.1, -0.05) is 11.6 Å². The van der Waals surface area contributed by atoms with Crippen molar-refractivity contribution in [2.24, 2.45) is 0 Å². The summed E-state index contributed by atoms with van der Waals surface area (Å²) in [5.41, 5.74) is 6.76. The van der Waals surface area contributed by atoms with Crippen molar-refractivity contribution < 1.29 is 4.39 Å². The van der Waals surface area contributed by atoms with Gasteiger partial charge in [0.1, 0.15) is 11.6 Å². The van der Waals surface area contributed by atoms with Crippen molar-refractivity contribution >= 4 is 29.2 Å². The number of benzene rings is 1. The van der Waals surface area contributed by atoms with E-state index in [0.29, 0.717) is 10.8 Å². The van der Waals surface area contributed by atoms with Crippen molar-refractivity contribution in [2.45, 2.75) is 10.9 Å². The molecular weight excluding hydrogens is 297 g/mol. The molecule has 0 spiro atoms. The molecule has 0 aliphatic heterocycles. The number of rotatable bonds is 5. The van der Waals surface area contributed by atoms with Crippen LogP contribution in [0.3, 0.4) is 0 Å². The third-order valence-electron chi connectivity index (χ3n) is 2.87. The van der Waals surface area contributed by atoms with E-state index in [2.05, 4.69) is 10.3 Å². The van der Waals surface area contributed by atoms with Gasteiger partial charge in [0.15, 0.2) is 0 Å². The van der Waals surface area contributed by atoms with Gasteiger partial charge in [-0.2, -0.15) is 0 Å². The maximum atomic E-state index is 12.9. The molecule has 106 valence electrons. The fourth-order valence-corrected chi connectivity index (χ4v) is 2.98. The van der Waals surface area contributed by atoms with Gasteiger partial charge in [0, 0.05) is 28.5 Å².